The smallest absolute Gasteiger partial charge is 0.410 e. The second-order valence-corrected chi connectivity index (χ2v) is 7.07. The normalized spacial score (nSPS) is 23.1. The van der Waals surface area contributed by atoms with E-state index in [0.29, 0.717) is 32.0 Å². The van der Waals surface area contributed by atoms with Crippen molar-refractivity contribution in [3.8, 4) is 0 Å². The first kappa shape index (κ1) is 16.0. The van der Waals surface area contributed by atoms with E-state index in [4.69, 9.17) is 9.15 Å². The van der Waals surface area contributed by atoms with Crippen molar-refractivity contribution < 1.29 is 18.7 Å². The molecule has 0 bridgehead atoms. The molecule has 0 N–H and O–H groups in total. The van der Waals surface area contributed by atoms with Gasteiger partial charge in [0.2, 0.25) is 0 Å². The Morgan fingerprint density at radius 1 is 1.28 bits per heavy atom. The number of benzene rings is 1. The molecule has 2 saturated heterocycles. The van der Waals surface area contributed by atoms with Gasteiger partial charge in [-0.15, -0.1) is 0 Å². The maximum absolute atomic E-state index is 13.1. The lowest BCUT2D eigenvalue weighted by molar-refractivity contribution is 0.0340. The number of fused-ring (bicyclic) bond motifs is 2. The second kappa shape index (κ2) is 5.51. The molecule has 0 spiro atoms. The molecule has 0 saturated carbocycles. The van der Waals surface area contributed by atoms with Crippen LogP contribution in [0.2, 0.25) is 0 Å². The summed E-state index contributed by atoms with van der Waals surface area (Å²) in [5, 5.41) is 0.970. The minimum absolute atomic E-state index is 0.113. The lowest BCUT2D eigenvalue weighted by Crippen LogP contribution is -2.62. The number of carbonyl (C=O) groups is 2. The summed E-state index contributed by atoms with van der Waals surface area (Å²) in [6.07, 6.45) is 0.477. The van der Waals surface area contributed by atoms with Crippen molar-refractivity contribution in [3.05, 3.63) is 35.1 Å². The number of piperazine rings is 1. The van der Waals surface area contributed by atoms with Gasteiger partial charge >= 0.3 is 6.09 Å². The van der Waals surface area contributed by atoms with Gasteiger partial charge in [0.15, 0.2) is 5.76 Å². The van der Waals surface area contributed by atoms with E-state index in [2.05, 4.69) is 0 Å². The van der Waals surface area contributed by atoms with Crippen molar-refractivity contribution in [2.24, 2.45) is 0 Å². The highest BCUT2D eigenvalue weighted by molar-refractivity contribution is 5.99. The Labute approximate surface area is 146 Å². The molecule has 3 heterocycles. The Morgan fingerprint density at radius 2 is 2.08 bits per heavy atom. The molecule has 2 aliphatic rings. The number of nitrogens with zero attached hydrogens (tertiary/aromatic N) is 2. The first-order valence-electron chi connectivity index (χ1n) is 8.68. The third-order valence-electron chi connectivity index (χ3n) is 5.57. The molecule has 1 aromatic carbocycles. The van der Waals surface area contributed by atoms with Crippen LogP contribution in [0.5, 0.6) is 0 Å². The number of rotatable bonds is 2. The molecular formula is C19H22N2O4. The summed E-state index contributed by atoms with van der Waals surface area (Å²) in [6, 6.07) is 5.97. The molecule has 1 unspecified atom stereocenters. The van der Waals surface area contributed by atoms with Crippen molar-refractivity contribution in [3.63, 3.8) is 0 Å². The van der Waals surface area contributed by atoms with Gasteiger partial charge in [-0.2, -0.15) is 0 Å². The van der Waals surface area contributed by atoms with Gasteiger partial charge in [-0.3, -0.25) is 9.69 Å². The van der Waals surface area contributed by atoms with E-state index in [1.807, 2.05) is 39.0 Å². The number of hydrogen-bond donors (Lipinski definition) is 0. The number of amides is 2. The summed E-state index contributed by atoms with van der Waals surface area (Å²) >= 11 is 0. The number of furan rings is 1. The summed E-state index contributed by atoms with van der Waals surface area (Å²) in [7, 11) is 0. The minimum atomic E-state index is -0.415. The van der Waals surface area contributed by atoms with Crippen LogP contribution < -0.4 is 0 Å². The van der Waals surface area contributed by atoms with Crippen molar-refractivity contribution in [2.45, 2.75) is 32.7 Å². The number of cyclic esters (lactones) is 1. The third kappa shape index (κ3) is 2.31. The van der Waals surface area contributed by atoms with E-state index in [-0.39, 0.29) is 12.0 Å². The summed E-state index contributed by atoms with van der Waals surface area (Å²) in [5.41, 5.74) is 2.29. The molecule has 6 nitrogen and oxygen atoms in total. The quantitative estimate of drug-likeness (QED) is 0.841. The zero-order valence-electron chi connectivity index (χ0n) is 14.8. The fraction of sp³-hybridized carbons (Fsp3) is 0.474. The Kier molecular flexibility index (Phi) is 3.52. The van der Waals surface area contributed by atoms with Gasteiger partial charge in [-0.25, -0.2) is 4.79 Å². The van der Waals surface area contributed by atoms with Crippen LogP contribution in [0.4, 0.5) is 4.79 Å². The molecule has 2 aromatic rings. The molecule has 2 aliphatic heterocycles. The predicted octanol–water partition coefficient (Wildman–Crippen LogP) is 3.11. The summed E-state index contributed by atoms with van der Waals surface area (Å²) in [5.74, 6) is 0.281. The van der Waals surface area contributed by atoms with Crippen molar-refractivity contribution in [1.82, 2.24) is 9.80 Å². The van der Waals surface area contributed by atoms with E-state index in [9.17, 15) is 9.59 Å². The number of carbonyl (C=O) groups excluding carboxylic acids is 2. The van der Waals surface area contributed by atoms with Gasteiger partial charge in [-0.05, 0) is 31.9 Å². The van der Waals surface area contributed by atoms with Crippen LogP contribution in [-0.4, -0.2) is 53.6 Å². The zero-order chi connectivity index (χ0) is 17.8. The van der Waals surface area contributed by atoms with E-state index < -0.39 is 5.54 Å². The monoisotopic (exact) mass is 342 g/mol. The van der Waals surface area contributed by atoms with Gasteiger partial charge in [0.05, 0.1) is 5.54 Å². The Bertz CT molecular complexity index is 872. The van der Waals surface area contributed by atoms with Crippen molar-refractivity contribution in [2.75, 3.05) is 26.2 Å². The Morgan fingerprint density at radius 3 is 2.84 bits per heavy atom. The molecule has 0 radical (unpaired) electrons. The average Bonchev–Trinajstić information content (AvgIpc) is 3.12. The average molecular weight is 342 g/mol. The molecule has 132 valence electrons. The lowest BCUT2D eigenvalue weighted by atomic mass is 9.92. The molecule has 2 amide bonds. The molecule has 2 fully saturated rings. The second-order valence-electron chi connectivity index (χ2n) is 7.07. The third-order valence-corrected chi connectivity index (χ3v) is 5.57. The number of hydrogen-bond acceptors (Lipinski definition) is 4. The topological polar surface area (TPSA) is 63.0 Å². The predicted molar refractivity (Wildman–Crippen MR) is 92.7 cm³/mol. The SMILES string of the molecule is CCC12COC(=O)N1CCN(C(=O)c1oc3cc(C)ccc3c1C)C2. The minimum Gasteiger partial charge on any atom is -0.451 e. The molecule has 25 heavy (non-hydrogen) atoms. The fourth-order valence-electron chi connectivity index (χ4n) is 3.92. The highest BCUT2D eigenvalue weighted by Crippen LogP contribution is 2.33. The number of ether oxygens (including phenoxy) is 1. The largest absolute Gasteiger partial charge is 0.451 e. The Hall–Kier alpha value is -2.50. The standard InChI is InChI=1S/C19H22N2O4/c1-4-19-10-20(7-8-21(19)18(23)24-11-19)17(22)16-13(3)14-6-5-12(2)9-15(14)25-16/h5-6,9H,4,7-8,10-11H2,1-3H3. The maximum atomic E-state index is 13.1. The van der Waals surface area contributed by atoms with Crippen molar-refractivity contribution >= 4 is 23.0 Å². The van der Waals surface area contributed by atoms with Gasteiger partial charge in [0.25, 0.3) is 5.91 Å². The van der Waals surface area contributed by atoms with Gasteiger partial charge in [0.1, 0.15) is 12.2 Å². The summed E-state index contributed by atoms with van der Waals surface area (Å²) < 4.78 is 11.1. The van der Waals surface area contributed by atoms with Crippen LogP contribution in [0, 0.1) is 13.8 Å². The molecule has 1 aromatic heterocycles. The highest BCUT2D eigenvalue weighted by atomic mass is 16.6. The lowest BCUT2D eigenvalue weighted by Gasteiger charge is -2.43. The molecule has 0 aliphatic carbocycles. The highest BCUT2D eigenvalue weighted by Gasteiger charge is 2.50. The maximum Gasteiger partial charge on any atom is 0.410 e. The van der Waals surface area contributed by atoms with E-state index >= 15 is 0 Å². The number of aryl methyl sites for hydroxylation is 2. The van der Waals surface area contributed by atoms with Crippen LogP contribution in [0.25, 0.3) is 11.0 Å². The van der Waals surface area contributed by atoms with Gasteiger partial charge in [-0.1, -0.05) is 19.1 Å². The molecular weight excluding hydrogens is 320 g/mol. The summed E-state index contributed by atoms with van der Waals surface area (Å²) in [4.78, 5) is 28.6. The van der Waals surface area contributed by atoms with Crippen LogP contribution in [-0.2, 0) is 4.74 Å². The Balaban J connectivity index is 1.66. The first-order chi connectivity index (χ1) is 11.9. The summed E-state index contributed by atoms with van der Waals surface area (Å²) in [6.45, 7) is 7.75. The van der Waals surface area contributed by atoms with Crippen LogP contribution in [0.3, 0.4) is 0 Å². The van der Waals surface area contributed by atoms with Gasteiger partial charge < -0.3 is 14.1 Å². The van der Waals surface area contributed by atoms with E-state index in [0.717, 1.165) is 28.5 Å². The molecule has 1 atom stereocenters. The first-order valence-corrected chi connectivity index (χ1v) is 8.68. The molecule has 4 rings (SSSR count). The van der Waals surface area contributed by atoms with Crippen LogP contribution in [0.1, 0.15) is 35.0 Å². The van der Waals surface area contributed by atoms with Crippen LogP contribution >= 0.6 is 0 Å². The zero-order valence-corrected chi connectivity index (χ0v) is 14.8. The van der Waals surface area contributed by atoms with E-state index in [1.165, 1.54) is 0 Å². The fourth-order valence-corrected chi connectivity index (χ4v) is 3.92. The van der Waals surface area contributed by atoms with Crippen LogP contribution in [0.15, 0.2) is 22.6 Å². The van der Waals surface area contributed by atoms with Gasteiger partial charge in [0, 0.05) is 30.6 Å². The van der Waals surface area contributed by atoms with E-state index in [1.54, 1.807) is 9.80 Å². The van der Waals surface area contributed by atoms with Crippen molar-refractivity contribution in [1.29, 1.82) is 0 Å². The molecule has 6 heteroatoms.